The molecule has 1 aliphatic heterocycles. The first-order valence-corrected chi connectivity index (χ1v) is 19.0. The van der Waals surface area contributed by atoms with Gasteiger partial charge in [-0.25, -0.2) is 19.2 Å². The molecule has 0 aromatic heterocycles. The van der Waals surface area contributed by atoms with Crippen molar-refractivity contribution in [3.63, 3.8) is 0 Å². The van der Waals surface area contributed by atoms with E-state index in [1.165, 1.54) is 24.3 Å². The second-order valence-electron chi connectivity index (χ2n) is 13.4. The zero-order valence-electron chi connectivity index (χ0n) is 31.9. The number of epoxide rings is 1. The van der Waals surface area contributed by atoms with Gasteiger partial charge in [-0.1, -0.05) is 19.9 Å². The van der Waals surface area contributed by atoms with Crippen LogP contribution in [0.5, 0.6) is 28.7 Å². The fourth-order valence-electron chi connectivity index (χ4n) is 5.48. The van der Waals surface area contributed by atoms with Crippen molar-refractivity contribution in [2.45, 2.75) is 71.3 Å². The molecule has 1 fully saturated rings. The molecule has 1 saturated heterocycles. The van der Waals surface area contributed by atoms with Gasteiger partial charge in [0, 0.05) is 5.57 Å². The molecule has 1 unspecified atom stereocenters. The third-order valence-electron chi connectivity index (χ3n) is 8.68. The molecule has 11 heteroatoms. The molecular formula is C45H48O11. The largest absolute Gasteiger partial charge is 0.494 e. The van der Waals surface area contributed by atoms with Crippen LogP contribution >= 0.6 is 0 Å². The van der Waals surface area contributed by atoms with Gasteiger partial charge in [0.25, 0.3) is 0 Å². The summed E-state index contributed by atoms with van der Waals surface area (Å²) in [6.07, 6.45) is 7.08. The van der Waals surface area contributed by atoms with Crippen LogP contribution in [0.1, 0.15) is 95.4 Å². The monoisotopic (exact) mass is 764 g/mol. The number of carbonyl (C=O) groups is 4. The molecule has 1 atom stereocenters. The predicted octanol–water partition coefficient (Wildman–Crippen LogP) is 8.91. The van der Waals surface area contributed by atoms with Crippen molar-refractivity contribution in [3.8, 4) is 28.7 Å². The minimum Gasteiger partial charge on any atom is -0.494 e. The number of aryl methyl sites for hydroxylation is 1. The van der Waals surface area contributed by atoms with Crippen LogP contribution in [-0.2, 0) is 20.7 Å². The van der Waals surface area contributed by atoms with Gasteiger partial charge in [0.2, 0.25) is 0 Å². The van der Waals surface area contributed by atoms with Crippen molar-refractivity contribution < 1.29 is 52.3 Å². The number of hydrogen-bond acceptors (Lipinski definition) is 11. The summed E-state index contributed by atoms with van der Waals surface area (Å²) in [6, 6.07) is 24.4. The molecule has 0 amide bonds. The van der Waals surface area contributed by atoms with Crippen molar-refractivity contribution in [2.75, 3.05) is 26.4 Å². The Morgan fingerprint density at radius 2 is 1.11 bits per heavy atom. The van der Waals surface area contributed by atoms with Crippen molar-refractivity contribution in [2.24, 2.45) is 0 Å². The minimum atomic E-state index is -0.589. The highest BCUT2D eigenvalue weighted by molar-refractivity contribution is 5.93. The number of esters is 4. The molecule has 0 saturated carbocycles. The second kappa shape index (κ2) is 21.2. The van der Waals surface area contributed by atoms with E-state index in [9.17, 15) is 19.2 Å². The number of hydrogen-bond donors (Lipinski definition) is 0. The smallest absolute Gasteiger partial charge is 0.343 e. The lowest BCUT2D eigenvalue weighted by Gasteiger charge is -2.12. The molecule has 56 heavy (non-hydrogen) atoms. The van der Waals surface area contributed by atoms with Gasteiger partial charge >= 0.3 is 23.9 Å². The Morgan fingerprint density at radius 1 is 0.625 bits per heavy atom. The van der Waals surface area contributed by atoms with Gasteiger partial charge < -0.3 is 33.2 Å². The van der Waals surface area contributed by atoms with Crippen LogP contribution in [0.4, 0.5) is 0 Å². The van der Waals surface area contributed by atoms with Crippen LogP contribution in [0, 0.1) is 0 Å². The average Bonchev–Trinajstić information content (AvgIpc) is 4.04. The van der Waals surface area contributed by atoms with E-state index < -0.39 is 17.9 Å². The highest BCUT2D eigenvalue weighted by Gasteiger charge is 2.21. The second-order valence-corrected chi connectivity index (χ2v) is 13.4. The SMILES string of the molecule is C=C(C)C(=O)OCCCCCCOc1ccc(C(=O)Oc2ccc(OC(=O)c3ccc(OC(=O)c4ccc(OCCCC5CO5)cc4)cc3)c(CCC)c2)cc1. The Morgan fingerprint density at radius 3 is 1.64 bits per heavy atom. The van der Waals surface area contributed by atoms with Gasteiger partial charge in [-0.3, -0.25) is 0 Å². The van der Waals surface area contributed by atoms with Crippen LogP contribution in [0.25, 0.3) is 0 Å². The molecule has 0 radical (unpaired) electrons. The third kappa shape index (κ3) is 13.4. The lowest BCUT2D eigenvalue weighted by molar-refractivity contribution is -0.139. The molecule has 1 aliphatic rings. The fourth-order valence-corrected chi connectivity index (χ4v) is 5.48. The number of ether oxygens (including phenoxy) is 7. The molecule has 1 heterocycles. The van der Waals surface area contributed by atoms with Crippen LogP contribution in [-0.4, -0.2) is 56.4 Å². The van der Waals surface area contributed by atoms with Crippen molar-refractivity contribution in [1.82, 2.24) is 0 Å². The molecule has 4 aromatic rings. The highest BCUT2D eigenvalue weighted by Crippen LogP contribution is 2.28. The van der Waals surface area contributed by atoms with E-state index in [0.29, 0.717) is 77.6 Å². The quantitative estimate of drug-likeness (QED) is 0.0250. The first-order valence-electron chi connectivity index (χ1n) is 19.0. The van der Waals surface area contributed by atoms with Crippen molar-refractivity contribution in [1.29, 1.82) is 0 Å². The van der Waals surface area contributed by atoms with Crippen molar-refractivity contribution >= 4 is 23.9 Å². The van der Waals surface area contributed by atoms with E-state index in [2.05, 4.69) is 6.58 Å². The topological polar surface area (TPSA) is 136 Å². The standard InChI is InChI=1S/C45H48O11/c1-4-10-35-29-39(55-44(48)33-14-18-36(19-15-33)50-26-7-5-6-8-27-52-42(46)31(2)3)24-25-41(35)56-45(49)34-16-22-38(23-17-34)54-43(47)32-12-20-37(21-13-32)51-28-9-11-40-30-53-40/h12-25,29,40H,2,4-11,26-28,30H2,1,3H3. The lowest BCUT2D eigenvalue weighted by Crippen LogP contribution is -2.12. The van der Waals surface area contributed by atoms with Gasteiger partial charge in [-0.2, -0.15) is 0 Å². The molecule has 0 aliphatic carbocycles. The molecule has 5 rings (SSSR count). The zero-order chi connectivity index (χ0) is 39.7. The number of benzene rings is 4. The molecule has 0 bridgehead atoms. The van der Waals surface area contributed by atoms with Gasteiger partial charge in [-0.15, -0.1) is 0 Å². The number of rotatable bonds is 22. The zero-order valence-corrected chi connectivity index (χ0v) is 31.9. The molecular weight excluding hydrogens is 716 g/mol. The molecule has 4 aromatic carbocycles. The molecule has 294 valence electrons. The van der Waals surface area contributed by atoms with E-state index in [1.54, 1.807) is 73.7 Å². The maximum Gasteiger partial charge on any atom is 0.343 e. The summed E-state index contributed by atoms with van der Waals surface area (Å²) in [5.41, 5.74) is 2.09. The van der Waals surface area contributed by atoms with Gasteiger partial charge in [-0.05, 0) is 148 Å². The maximum absolute atomic E-state index is 13.1. The van der Waals surface area contributed by atoms with E-state index in [1.807, 2.05) is 6.92 Å². The van der Waals surface area contributed by atoms with E-state index in [0.717, 1.165) is 51.6 Å². The summed E-state index contributed by atoms with van der Waals surface area (Å²) in [5.74, 6) is 0.237. The summed E-state index contributed by atoms with van der Waals surface area (Å²) in [5, 5.41) is 0. The summed E-state index contributed by atoms with van der Waals surface area (Å²) < 4.78 is 38.7. The Hall–Kier alpha value is -5.94. The van der Waals surface area contributed by atoms with Gasteiger partial charge in [0.15, 0.2) is 0 Å². The number of unbranched alkanes of at least 4 members (excludes halogenated alkanes) is 3. The van der Waals surface area contributed by atoms with Crippen LogP contribution in [0.3, 0.4) is 0 Å². The van der Waals surface area contributed by atoms with E-state index in [-0.39, 0.29) is 17.3 Å². The molecule has 0 N–H and O–H groups in total. The maximum atomic E-state index is 13.1. The minimum absolute atomic E-state index is 0.267. The number of carbonyl (C=O) groups excluding carboxylic acids is 4. The summed E-state index contributed by atoms with van der Waals surface area (Å²) >= 11 is 0. The summed E-state index contributed by atoms with van der Waals surface area (Å²) in [7, 11) is 0. The van der Waals surface area contributed by atoms with E-state index in [4.69, 9.17) is 33.2 Å². The van der Waals surface area contributed by atoms with Gasteiger partial charge in [0.1, 0.15) is 28.7 Å². The normalized spacial score (nSPS) is 12.9. The first kappa shape index (κ1) is 41.2. The first-order chi connectivity index (χ1) is 27.2. The summed E-state index contributed by atoms with van der Waals surface area (Å²) in [6.45, 7) is 9.50. The summed E-state index contributed by atoms with van der Waals surface area (Å²) in [4.78, 5) is 50.1. The highest BCUT2D eigenvalue weighted by atomic mass is 16.6. The average molecular weight is 765 g/mol. The van der Waals surface area contributed by atoms with E-state index >= 15 is 0 Å². The lowest BCUT2D eigenvalue weighted by atomic mass is 10.1. The predicted molar refractivity (Wildman–Crippen MR) is 209 cm³/mol. The van der Waals surface area contributed by atoms with Crippen LogP contribution in [0.15, 0.2) is 103 Å². The Kier molecular flexibility index (Phi) is 15.6. The Labute approximate surface area is 327 Å². The molecule has 11 nitrogen and oxygen atoms in total. The molecule has 0 spiro atoms. The van der Waals surface area contributed by atoms with Gasteiger partial charge in [0.05, 0.1) is 49.2 Å². The fraction of sp³-hybridized carbons (Fsp3) is 0.333. The Balaban J connectivity index is 1.05. The van der Waals surface area contributed by atoms with Crippen LogP contribution in [0.2, 0.25) is 0 Å². The van der Waals surface area contributed by atoms with Crippen LogP contribution < -0.4 is 23.7 Å². The Bertz CT molecular complexity index is 1930. The third-order valence-corrected chi connectivity index (χ3v) is 8.68. The van der Waals surface area contributed by atoms with Crippen molar-refractivity contribution in [3.05, 3.63) is 125 Å².